The first kappa shape index (κ1) is 23.0. The molecule has 170 valence electrons. The molecule has 0 aliphatic carbocycles. The van der Waals surface area contributed by atoms with Crippen LogP contribution in [0, 0.1) is 15.9 Å². The van der Waals surface area contributed by atoms with Crippen LogP contribution in [0.15, 0.2) is 42.5 Å². The van der Waals surface area contributed by atoms with E-state index in [9.17, 15) is 37.3 Å². The molecule has 1 aliphatic rings. The molecule has 1 fully saturated rings. The molecule has 0 radical (unpaired) electrons. The van der Waals surface area contributed by atoms with E-state index in [1.807, 2.05) is 0 Å². The molecule has 2 aromatic rings. The number of alkyl halides is 3. The van der Waals surface area contributed by atoms with E-state index in [2.05, 4.69) is 5.32 Å². The van der Waals surface area contributed by atoms with Crippen LogP contribution in [0.2, 0.25) is 0 Å². The van der Waals surface area contributed by atoms with E-state index in [1.165, 1.54) is 17.0 Å². The molecule has 12 heteroatoms. The minimum atomic E-state index is -4.70. The Bertz CT molecular complexity index is 1020. The molecular formula is C20H18F4N4O4. The first-order valence-electron chi connectivity index (χ1n) is 9.48. The van der Waals surface area contributed by atoms with Crippen molar-refractivity contribution >= 4 is 23.2 Å². The fourth-order valence-corrected chi connectivity index (χ4v) is 3.28. The van der Waals surface area contributed by atoms with Crippen molar-refractivity contribution in [3.05, 3.63) is 69.5 Å². The highest BCUT2D eigenvalue weighted by Crippen LogP contribution is 2.36. The first-order chi connectivity index (χ1) is 15.1. The van der Waals surface area contributed by atoms with Crippen molar-refractivity contribution < 1.29 is 32.1 Å². The molecule has 2 amide bonds. The molecule has 0 spiro atoms. The number of benzene rings is 2. The van der Waals surface area contributed by atoms with Crippen molar-refractivity contribution in [1.29, 1.82) is 0 Å². The fourth-order valence-electron chi connectivity index (χ4n) is 3.28. The van der Waals surface area contributed by atoms with Gasteiger partial charge in [0.15, 0.2) is 0 Å². The molecule has 8 nitrogen and oxygen atoms in total. The van der Waals surface area contributed by atoms with Crippen LogP contribution in [0.3, 0.4) is 0 Å². The van der Waals surface area contributed by atoms with E-state index in [4.69, 9.17) is 0 Å². The van der Waals surface area contributed by atoms with Crippen LogP contribution in [0.5, 0.6) is 0 Å². The van der Waals surface area contributed by atoms with E-state index in [1.54, 1.807) is 4.90 Å². The number of hydrogen-bond acceptors (Lipinski definition) is 5. The van der Waals surface area contributed by atoms with Crippen LogP contribution >= 0.6 is 0 Å². The normalized spacial score (nSPS) is 14.2. The number of halogens is 4. The quantitative estimate of drug-likeness (QED) is 0.426. The highest BCUT2D eigenvalue weighted by Gasteiger charge is 2.34. The van der Waals surface area contributed by atoms with Gasteiger partial charge in [-0.05, 0) is 36.4 Å². The number of amides is 2. The molecule has 1 aliphatic heterocycles. The summed E-state index contributed by atoms with van der Waals surface area (Å²) in [5.74, 6) is -1.43. The van der Waals surface area contributed by atoms with Gasteiger partial charge in [-0.1, -0.05) is 0 Å². The van der Waals surface area contributed by atoms with E-state index in [-0.39, 0.29) is 49.9 Å². The van der Waals surface area contributed by atoms with Gasteiger partial charge in [0.2, 0.25) is 5.91 Å². The topological polar surface area (TPSA) is 95.8 Å². The second kappa shape index (κ2) is 9.20. The largest absolute Gasteiger partial charge is 0.416 e. The van der Waals surface area contributed by atoms with Crippen molar-refractivity contribution in [2.75, 3.05) is 37.6 Å². The summed E-state index contributed by atoms with van der Waals surface area (Å²) in [5, 5.41) is 13.7. The van der Waals surface area contributed by atoms with Crippen molar-refractivity contribution in [2.24, 2.45) is 0 Å². The van der Waals surface area contributed by atoms with E-state index < -0.39 is 34.1 Å². The molecule has 2 aromatic carbocycles. The van der Waals surface area contributed by atoms with Crippen LogP contribution in [-0.2, 0) is 11.0 Å². The molecule has 1 heterocycles. The summed E-state index contributed by atoms with van der Waals surface area (Å²) in [7, 11) is 0. The van der Waals surface area contributed by atoms with E-state index >= 15 is 0 Å². The molecule has 1 N–H and O–H groups in total. The Hall–Kier alpha value is -3.70. The minimum absolute atomic E-state index is 0.0414. The Labute approximate surface area is 179 Å². The van der Waals surface area contributed by atoms with E-state index in [0.717, 1.165) is 24.3 Å². The smallest absolute Gasteiger partial charge is 0.362 e. The number of carbonyl (C=O) groups is 2. The molecular weight excluding hydrogens is 436 g/mol. The summed E-state index contributed by atoms with van der Waals surface area (Å²) in [6.45, 7) is 0.386. The second-order valence-electron chi connectivity index (χ2n) is 7.02. The number of anilines is 1. The summed E-state index contributed by atoms with van der Waals surface area (Å²) in [4.78, 5) is 37.8. The number of piperazine rings is 1. The number of nitro benzene ring substituents is 1. The molecule has 32 heavy (non-hydrogen) atoms. The monoisotopic (exact) mass is 454 g/mol. The second-order valence-corrected chi connectivity index (χ2v) is 7.02. The lowest BCUT2D eigenvalue weighted by molar-refractivity contribution is -0.384. The summed E-state index contributed by atoms with van der Waals surface area (Å²) in [6.07, 6.45) is -4.70. The third kappa shape index (κ3) is 5.31. The Morgan fingerprint density at radius 2 is 1.66 bits per heavy atom. The van der Waals surface area contributed by atoms with Crippen LogP contribution in [0.25, 0.3) is 0 Å². The van der Waals surface area contributed by atoms with Gasteiger partial charge in [-0.15, -0.1) is 0 Å². The number of nitrogens with zero attached hydrogens (tertiary/aromatic N) is 3. The number of nitrogens with one attached hydrogen (secondary N) is 1. The van der Waals surface area contributed by atoms with Gasteiger partial charge in [-0.25, -0.2) is 4.39 Å². The third-order valence-electron chi connectivity index (χ3n) is 4.98. The van der Waals surface area contributed by atoms with Crippen LogP contribution in [0.1, 0.15) is 15.9 Å². The molecule has 3 rings (SSSR count). The van der Waals surface area contributed by atoms with Gasteiger partial charge in [-0.2, -0.15) is 13.2 Å². The number of carbonyl (C=O) groups excluding carboxylic acids is 2. The van der Waals surface area contributed by atoms with Crippen LogP contribution < -0.4 is 10.2 Å². The molecule has 0 unspecified atom stereocenters. The van der Waals surface area contributed by atoms with Gasteiger partial charge in [0.25, 0.3) is 11.6 Å². The standard InChI is InChI=1S/C20H18F4N4O4/c21-15-4-1-13(2-5-15)19(30)25-12-18(29)27-9-7-26(8-10-27)16-6-3-14(20(22,23)24)11-17(16)28(31)32/h1-6,11H,7-10,12H2,(H,25,30). The Balaban J connectivity index is 1.59. The van der Waals surface area contributed by atoms with Crippen LogP contribution in [0.4, 0.5) is 28.9 Å². The minimum Gasteiger partial charge on any atom is -0.362 e. The lowest BCUT2D eigenvalue weighted by Crippen LogP contribution is -2.51. The summed E-state index contributed by atoms with van der Waals surface area (Å²) < 4.78 is 51.5. The number of rotatable bonds is 5. The number of nitro groups is 1. The molecule has 1 saturated heterocycles. The molecule has 0 bridgehead atoms. The maximum Gasteiger partial charge on any atom is 0.416 e. The zero-order valence-corrected chi connectivity index (χ0v) is 16.6. The van der Waals surface area contributed by atoms with Gasteiger partial charge in [-0.3, -0.25) is 19.7 Å². The van der Waals surface area contributed by atoms with E-state index in [0.29, 0.717) is 6.07 Å². The Morgan fingerprint density at radius 3 is 2.22 bits per heavy atom. The summed E-state index contributed by atoms with van der Waals surface area (Å²) >= 11 is 0. The highest BCUT2D eigenvalue weighted by molar-refractivity contribution is 5.96. The van der Waals surface area contributed by atoms with Crippen molar-refractivity contribution in [2.45, 2.75) is 6.18 Å². The average molecular weight is 454 g/mol. The van der Waals surface area contributed by atoms with Gasteiger partial charge in [0.05, 0.1) is 17.0 Å². The fraction of sp³-hybridized carbons (Fsp3) is 0.300. The molecule has 0 aromatic heterocycles. The zero-order valence-electron chi connectivity index (χ0n) is 16.6. The molecule has 0 saturated carbocycles. The van der Waals surface area contributed by atoms with Crippen molar-refractivity contribution in [1.82, 2.24) is 10.2 Å². The Morgan fingerprint density at radius 1 is 1.03 bits per heavy atom. The zero-order chi connectivity index (χ0) is 23.5. The predicted octanol–water partition coefficient (Wildman–Crippen LogP) is 2.83. The maximum absolute atomic E-state index is 12.9. The average Bonchev–Trinajstić information content (AvgIpc) is 2.76. The van der Waals surface area contributed by atoms with Crippen LogP contribution in [-0.4, -0.2) is 54.4 Å². The van der Waals surface area contributed by atoms with Crippen molar-refractivity contribution in [3.63, 3.8) is 0 Å². The highest BCUT2D eigenvalue weighted by atomic mass is 19.4. The van der Waals surface area contributed by atoms with Crippen molar-refractivity contribution in [3.8, 4) is 0 Å². The summed E-state index contributed by atoms with van der Waals surface area (Å²) in [5.41, 5.74) is -1.54. The summed E-state index contributed by atoms with van der Waals surface area (Å²) in [6, 6.07) is 7.15. The maximum atomic E-state index is 12.9. The lowest BCUT2D eigenvalue weighted by Gasteiger charge is -2.36. The SMILES string of the molecule is O=C(NCC(=O)N1CCN(c2ccc(C(F)(F)F)cc2[N+](=O)[O-])CC1)c1ccc(F)cc1. The van der Waals surface area contributed by atoms with Gasteiger partial charge in [0.1, 0.15) is 11.5 Å². The van der Waals surface area contributed by atoms with Gasteiger partial charge < -0.3 is 15.1 Å². The van der Waals surface area contributed by atoms with Gasteiger partial charge in [0, 0.05) is 37.8 Å². The lowest BCUT2D eigenvalue weighted by atomic mass is 10.1. The first-order valence-corrected chi connectivity index (χ1v) is 9.48. The molecule has 0 atom stereocenters. The number of hydrogen-bond donors (Lipinski definition) is 1. The third-order valence-corrected chi connectivity index (χ3v) is 4.98. The Kier molecular flexibility index (Phi) is 6.61. The predicted molar refractivity (Wildman–Crippen MR) is 106 cm³/mol. The van der Waals surface area contributed by atoms with Gasteiger partial charge >= 0.3 is 6.18 Å².